The van der Waals surface area contributed by atoms with Crippen LogP contribution < -0.4 is 4.74 Å². The van der Waals surface area contributed by atoms with E-state index in [4.69, 9.17) is 0 Å². The zero-order chi connectivity index (χ0) is 15.6. The quantitative estimate of drug-likeness (QED) is 0.745. The van der Waals surface area contributed by atoms with Crippen LogP contribution in [0.1, 0.15) is 26.3 Å². The van der Waals surface area contributed by atoms with E-state index < -0.39 is 22.1 Å². The molecule has 0 saturated heterocycles. The number of ether oxygens (including phenoxy) is 1. The third-order valence-electron chi connectivity index (χ3n) is 2.00. The van der Waals surface area contributed by atoms with Crippen LogP contribution in [0.5, 0.6) is 5.75 Å². The van der Waals surface area contributed by atoms with Crippen LogP contribution in [0.15, 0.2) is 27.1 Å². The molecule has 0 spiro atoms. The van der Waals surface area contributed by atoms with Crippen LogP contribution in [0, 0.1) is 0 Å². The fourth-order valence-electron chi connectivity index (χ4n) is 1.07. The summed E-state index contributed by atoms with van der Waals surface area (Å²) in [5.74, 6) is -0.341. The van der Waals surface area contributed by atoms with Gasteiger partial charge in [0.05, 0.1) is 9.22 Å². The molecule has 0 aliphatic rings. The van der Waals surface area contributed by atoms with Crippen molar-refractivity contribution in [3.8, 4) is 5.75 Å². The summed E-state index contributed by atoms with van der Waals surface area (Å²) in [5.41, 5.74) is 0.518. The molecule has 0 N–H and O–H groups in total. The Balaban J connectivity index is 2.88. The summed E-state index contributed by atoms with van der Waals surface area (Å²) >= 11 is 2.98. The van der Waals surface area contributed by atoms with Gasteiger partial charge in [0.1, 0.15) is 16.7 Å². The van der Waals surface area contributed by atoms with Gasteiger partial charge in [0, 0.05) is 6.21 Å². The number of hydrogen-bond acceptors (Lipinski definition) is 2. The number of hydrogen-bond donors (Lipinski definition) is 0. The third kappa shape index (κ3) is 5.62. The summed E-state index contributed by atoms with van der Waals surface area (Å²) in [6, 6.07) is 3.97. The summed E-state index contributed by atoms with van der Waals surface area (Å²) in [6.45, 7) is 5.32. The van der Waals surface area contributed by atoms with Gasteiger partial charge in [-0.15, -0.1) is 13.2 Å². The Kier molecular flexibility index (Phi) is 5.37. The van der Waals surface area contributed by atoms with Crippen LogP contribution in [0.25, 0.3) is 0 Å². The van der Waals surface area contributed by atoms with E-state index in [2.05, 4.69) is 25.1 Å². The third-order valence-corrected chi connectivity index (χ3v) is 3.97. The van der Waals surface area contributed by atoms with Crippen LogP contribution >= 0.6 is 15.9 Å². The summed E-state index contributed by atoms with van der Waals surface area (Å²) in [7, 11) is -1.42. The first kappa shape index (κ1) is 17.2. The maximum absolute atomic E-state index is 12.1. The fourth-order valence-corrected chi connectivity index (χ4v) is 2.08. The summed E-state index contributed by atoms with van der Waals surface area (Å²) in [6.07, 6.45) is -3.39. The number of nitrogens with zero attached hydrogens (tertiary/aromatic N) is 1. The minimum absolute atomic E-state index is 0.139. The largest absolute Gasteiger partial charge is 0.573 e. The molecule has 0 aliphatic heterocycles. The molecule has 20 heavy (non-hydrogen) atoms. The van der Waals surface area contributed by atoms with Gasteiger partial charge in [-0.05, 0) is 60.5 Å². The molecule has 3 nitrogen and oxygen atoms in total. The van der Waals surface area contributed by atoms with Crippen LogP contribution in [0.3, 0.4) is 0 Å². The van der Waals surface area contributed by atoms with E-state index in [1.165, 1.54) is 24.4 Å². The lowest BCUT2D eigenvalue weighted by molar-refractivity contribution is -0.274. The van der Waals surface area contributed by atoms with Crippen LogP contribution in [-0.4, -0.2) is 21.5 Å². The molecule has 0 aliphatic carbocycles. The average Bonchev–Trinajstić information content (AvgIpc) is 2.26. The highest BCUT2D eigenvalue weighted by atomic mass is 79.9. The van der Waals surface area contributed by atoms with Crippen LogP contribution in [0.2, 0.25) is 0 Å². The first-order valence-corrected chi connectivity index (χ1v) is 7.40. The minimum Gasteiger partial charge on any atom is -0.405 e. The van der Waals surface area contributed by atoms with Crippen LogP contribution in [-0.2, 0) is 11.0 Å². The van der Waals surface area contributed by atoms with E-state index in [1.807, 2.05) is 0 Å². The zero-order valence-corrected chi connectivity index (χ0v) is 13.4. The molecule has 0 amide bonds. The van der Waals surface area contributed by atoms with Gasteiger partial charge in [-0.1, -0.05) is 0 Å². The van der Waals surface area contributed by atoms with Gasteiger partial charge in [0.2, 0.25) is 0 Å². The molecule has 0 heterocycles. The molecule has 0 aromatic heterocycles. The Morgan fingerprint density at radius 3 is 2.35 bits per heavy atom. The van der Waals surface area contributed by atoms with E-state index in [0.29, 0.717) is 5.56 Å². The molecule has 1 atom stereocenters. The van der Waals surface area contributed by atoms with Crippen molar-refractivity contribution in [2.45, 2.75) is 31.9 Å². The molecule has 0 fully saturated rings. The smallest absolute Gasteiger partial charge is 0.405 e. The van der Waals surface area contributed by atoms with Crippen molar-refractivity contribution in [3.63, 3.8) is 0 Å². The van der Waals surface area contributed by atoms with E-state index in [0.717, 1.165) is 0 Å². The van der Waals surface area contributed by atoms with Crippen molar-refractivity contribution >= 4 is 33.1 Å². The number of halogens is 4. The van der Waals surface area contributed by atoms with Crippen LogP contribution in [0.4, 0.5) is 13.2 Å². The van der Waals surface area contributed by atoms with E-state index in [-0.39, 0.29) is 10.2 Å². The van der Waals surface area contributed by atoms with Gasteiger partial charge in [-0.3, -0.25) is 0 Å². The molecule has 1 aromatic carbocycles. The lowest BCUT2D eigenvalue weighted by Gasteiger charge is -2.13. The maximum Gasteiger partial charge on any atom is 0.573 e. The van der Waals surface area contributed by atoms with Gasteiger partial charge < -0.3 is 4.74 Å². The number of benzene rings is 1. The van der Waals surface area contributed by atoms with Crippen molar-refractivity contribution in [3.05, 3.63) is 28.2 Å². The first-order chi connectivity index (χ1) is 8.99. The van der Waals surface area contributed by atoms with E-state index in [1.54, 1.807) is 20.8 Å². The van der Waals surface area contributed by atoms with Gasteiger partial charge in [0.15, 0.2) is 0 Å². The Bertz CT molecular complexity index is 538. The first-order valence-electron chi connectivity index (χ1n) is 5.50. The Hall–Kier alpha value is -0.890. The fraction of sp³-hybridized carbons (Fsp3) is 0.417. The molecule has 1 aromatic rings. The highest BCUT2D eigenvalue weighted by Crippen LogP contribution is 2.30. The molecule has 1 rings (SSSR count). The lowest BCUT2D eigenvalue weighted by Crippen LogP contribution is -2.19. The normalized spacial score (nSPS) is 14.6. The van der Waals surface area contributed by atoms with Gasteiger partial charge in [-0.2, -0.15) is 4.40 Å². The Labute approximate surface area is 126 Å². The summed E-state index contributed by atoms with van der Waals surface area (Å²) in [4.78, 5) is 0. The molecule has 0 bridgehead atoms. The minimum atomic E-state index is -4.74. The standard InChI is InChI=1S/C12H13BrF3NO2S/c1-11(2,3)20(18)17-7-8-4-5-10(9(13)6-8)19-12(14,15)16/h4-7H,1-3H3/b17-7+. The van der Waals surface area contributed by atoms with Crippen molar-refractivity contribution in [1.82, 2.24) is 0 Å². The van der Waals surface area contributed by atoms with Crippen molar-refractivity contribution < 1.29 is 22.1 Å². The zero-order valence-electron chi connectivity index (χ0n) is 11.0. The average molecular weight is 372 g/mol. The van der Waals surface area contributed by atoms with Crippen molar-refractivity contribution in [1.29, 1.82) is 0 Å². The van der Waals surface area contributed by atoms with E-state index in [9.17, 15) is 17.4 Å². The molecule has 0 radical (unpaired) electrons. The Morgan fingerprint density at radius 2 is 1.90 bits per heavy atom. The lowest BCUT2D eigenvalue weighted by atomic mass is 10.2. The second kappa shape index (κ2) is 6.26. The molecular weight excluding hydrogens is 359 g/mol. The SMILES string of the molecule is CC(C)(C)S(=O)/N=C/c1ccc(OC(F)(F)F)c(Br)c1. The van der Waals surface area contributed by atoms with Crippen molar-refractivity contribution in [2.24, 2.45) is 4.40 Å². The molecular formula is C12H13BrF3NO2S. The monoisotopic (exact) mass is 371 g/mol. The second-order valence-electron chi connectivity index (χ2n) is 4.83. The summed E-state index contributed by atoms with van der Waals surface area (Å²) < 4.78 is 55.3. The molecule has 1 unspecified atom stereocenters. The predicted molar refractivity (Wildman–Crippen MR) is 76.3 cm³/mol. The van der Waals surface area contributed by atoms with Gasteiger partial charge in [0.25, 0.3) is 0 Å². The second-order valence-corrected chi connectivity index (χ2v) is 7.62. The number of alkyl halides is 3. The summed E-state index contributed by atoms with van der Waals surface area (Å²) in [5, 5.41) is 0. The Morgan fingerprint density at radius 1 is 1.30 bits per heavy atom. The topological polar surface area (TPSA) is 38.7 Å². The molecule has 0 saturated carbocycles. The maximum atomic E-state index is 12.1. The molecule has 112 valence electrons. The van der Waals surface area contributed by atoms with E-state index >= 15 is 0 Å². The highest BCUT2D eigenvalue weighted by Gasteiger charge is 2.31. The van der Waals surface area contributed by atoms with Gasteiger partial charge >= 0.3 is 6.36 Å². The van der Waals surface area contributed by atoms with Crippen molar-refractivity contribution in [2.75, 3.05) is 0 Å². The van der Waals surface area contributed by atoms with Gasteiger partial charge in [-0.25, -0.2) is 4.21 Å². The number of rotatable bonds is 3. The highest BCUT2D eigenvalue weighted by molar-refractivity contribution is 9.10. The molecule has 8 heteroatoms. The predicted octanol–water partition coefficient (Wildman–Crippen LogP) is 4.23.